The highest BCUT2D eigenvalue weighted by Crippen LogP contribution is 2.34. The second kappa shape index (κ2) is 7.40. The fourth-order valence-corrected chi connectivity index (χ4v) is 3.21. The average Bonchev–Trinajstić information content (AvgIpc) is 2.95. The van der Waals surface area contributed by atoms with Gasteiger partial charge in [-0.3, -0.25) is 0 Å². The molecule has 1 aromatic rings. The summed E-state index contributed by atoms with van der Waals surface area (Å²) in [5, 5.41) is 6.74. The topological polar surface area (TPSA) is 53.1 Å². The number of nitrogens with zero attached hydrogens (tertiary/aromatic N) is 3. The van der Waals surface area contributed by atoms with Crippen molar-refractivity contribution in [2.75, 3.05) is 37.8 Å². The highest BCUT2D eigenvalue weighted by Gasteiger charge is 2.35. The van der Waals surface area contributed by atoms with Gasteiger partial charge in [0.2, 0.25) is 5.95 Å². The average molecular weight is 356 g/mol. The van der Waals surface area contributed by atoms with E-state index in [0.29, 0.717) is 5.95 Å². The number of nitrogens with one attached hydrogen (secondary N) is 2. The van der Waals surface area contributed by atoms with Gasteiger partial charge in [0.25, 0.3) is 0 Å². The molecule has 0 amide bonds. The Labute approximate surface area is 136 Å². The molecule has 2 rings (SSSR count). The predicted molar refractivity (Wildman–Crippen MR) is 91.9 cm³/mol. The maximum atomic E-state index is 4.56. The van der Waals surface area contributed by atoms with Crippen LogP contribution in [0.25, 0.3) is 0 Å². The van der Waals surface area contributed by atoms with Gasteiger partial charge in [0.05, 0.1) is 4.47 Å². The van der Waals surface area contributed by atoms with Crippen LogP contribution in [0.5, 0.6) is 0 Å². The van der Waals surface area contributed by atoms with Crippen LogP contribution in [0.15, 0.2) is 10.7 Å². The van der Waals surface area contributed by atoms with E-state index in [0.717, 1.165) is 29.8 Å². The molecular formula is C15H26BrN5. The lowest BCUT2D eigenvalue weighted by molar-refractivity contribution is 0.172. The summed E-state index contributed by atoms with van der Waals surface area (Å²) in [6.07, 6.45) is 7.99. The standard InChI is InChI=1S/C15H26BrN5/c1-4-9-17-14-18-10-12(16)13(20-14)19-11-15(21(2)3)7-5-6-8-15/h10H,4-9,11H2,1-3H3,(H2,17,18,19,20). The van der Waals surface area contributed by atoms with Crippen molar-refractivity contribution in [3.63, 3.8) is 0 Å². The molecule has 1 aliphatic carbocycles. The Balaban J connectivity index is 2.04. The fraction of sp³-hybridized carbons (Fsp3) is 0.733. The van der Waals surface area contributed by atoms with Gasteiger partial charge in [0.1, 0.15) is 5.82 Å². The summed E-state index contributed by atoms with van der Waals surface area (Å²) >= 11 is 3.53. The third kappa shape index (κ3) is 4.07. The van der Waals surface area contributed by atoms with Gasteiger partial charge in [-0.25, -0.2) is 4.98 Å². The number of aromatic nitrogens is 2. The van der Waals surface area contributed by atoms with E-state index in [9.17, 15) is 0 Å². The van der Waals surface area contributed by atoms with Crippen LogP contribution < -0.4 is 10.6 Å². The SMILES string of the molecule is CCCNc1ncc(Br)c(NCC2(N(C)C)CCCC2)n1. The van der Waals surface area contributed by atoms with Crippen LogP contribution in [0, 0.1) is 0 Å². The maximum absolute atomic E-state index is 4.56. The Morgan fingerprint density at radius 1 is 1.29 bits per heavy atom. The monoisotopic (exact) mass is 355 g/mol. The third-order valence-corrected chi connectivity index (χ3v) is 4.93. The van der Waals surface area contributed by atoms with Crippen LogP contribution in [-0.4, -0.2) is 47.6 Å². The van der Waals surface area contributed by atoms with E-state index in [1.54, 1.807) is 0 Å². The van der Waals surface area contributed by atoms with E-state index < -0.39 is 0 Å². The lowest BCUT2D eigenvalue weighted by atomic mass is 9.96. The van der Waals surface area contributed by atoms with Crippen molar-refractivity contribution in [2.24, 2.45) is 0 Å². The molecule has 0 aliphatic heterocycles. The molecule has 6 heteroatoms. The Hall–Kier alpha value is -0.880. The van der Waals surface area contributed by atoms with Crippen LogP contribution in [-0.2, 0) is 0 Å². The minimum Gasteiger partial charge on any atom is -0.367 e. The molecule has 21 heavy (non-hydrogen) atoms. The normalized spacial score (nSPS) is 17.2. The summed E-state index contributed by atoms with van der Waals surface area (Å²) in [5.74, 6) is 1.56. The summed E-state index contributed by atoms with van der Waals surface area (Å²) in [6.45, 7) is 3.94. The molecule has 0 unspecified atom stereocenters. The third-order valence-electron chi connectivity index (χ3n) is 4.35. The van der Waals surface area contributed by atoms with Crippen LogP contribution in [0.2, 0.25) is 0 Å². The van der Waals surface area contributed by atoms with Gasteiger partial charge in [-0.2, -0.15) is 4.98 Å². The van der Waals surface area contributed by atoms with Gasteiger partial charge >= 0.3 is 0 Å². The second-order valence-electron chi connectivity index (χ2n) is 6.00. The molecule has 1 fully saturated rings. The summed E-state index contributed by atoms with van der Waals surface area (Å²) in [4.78, 5) is 11.2. The van der Waals surface area contributed by atoms with E-state index in [1.165, 1.54) is 25.7 Å². The predicted octanol–water partition coefficient (Wildman–Crippen LogP) is 3.35. The van der Waals surface area contributed by atoms with Gasteiger partial charge in [0, 0.05) is 24.8 Å². The number of rotatable bonds is 7. The Bertz CT molecular complexity index is 457. The zero-order valence-corrected chi connectivity index (χ0v) is 14.8. The number of hydrogen-bond donors (Lipinski definition) is 2. The first kappa shape index (κ1) is 16.5. The van der Waals surface area contributed by atoms with Crippen molar-refractivity contribution in [3.05, 3.63) is 10.7 Å². The maximum Gasteiger partial charge on any atom is 0.224 e. The molecule has 1 aliphatic rings. The van der Waals surface area contributed by atoms with Crippen molar-refractivity contribution in [3.8, 4) is 0 Å². The van der Waals surface area contributed by atoms with E-state index in [-0.39, 0.29) is 5.54 Å². The molecule has 0 bridgehead atoms. The second-order valence-corrected chi connectivity index (χ2v) is 6.85. The lowest BCUT2D eigenvalue weighted by Crippen LogP contribution is -2.47. The summed E-state index contributed by atoms with van der Waals surface area (Å²) < 4.78 is 0.913. The van der Waals surface area contributed by atoms with Crippen LogP contribution in [0.4, 0.5) is 11.8 Å². The number of halogens is 1. The summed E-state index contributed by atoms with van der Waals surface area (Å²) in [5.41, 5.74) is 0.251. The van der Waals surface area contributed by atoms with Gasteiger partial charge in [0.15, 0.2) is 0 Å². The molecule has 5 nitrogen and oxygen atoms in total. The lowest BCUT2D eigenvalue weighted by Gasteiger charge is -2.36. The van der Waals surface area contributed by atoms with E-state index >= 15 is 0 Å². The van der Waals surface area contributed by atoms with Crippen molar-refractivity contribution in [2.45, 2.75) is 44.6 Å². The Kier molecular flexibility index (Phi) is 5.81. The minimum atomic E-state index is 0.251. The molecule has 1 aromatic heterocycles. The minimum absolute atomic E-state index is 0.251. The Morgan fingerprint density at radius 2 is 2.00 bits per heavy atom. The number of anilines is 2. The molecule has 0 saturated heterocycles. The van der Waals surface area contributed by atoms with Crippen LogP contribution in [0.3, 0.4) is 0 Å². The molecule has 118 valence electrons. The van der Waals surface area contributed by atoms with Crippen molar-refractivity contribution in [1.29, 1.82) is 0 Å². The highest BCUT2D eigenvalue weighted by molar-refractivity contribution is 9.10. The number of hydrogen-bond acceptors (Lipinski definition) is 5. The highest BCUT2D eigenvalue weighted by atomic mass is 79.9. The van der Waals surface area contributed by atoms with E-state index in [4.69, 9.17) is 0 Å². The quantitative estimate of drug-likeness (QED) is 0.785. The molecule has 1 heterocycles. The largest absolute Gasteiger partial charge is 0.367 e. The molecule has 0 atom stereocenters. The van der Waals surface area contributed by atoms with Gasteiger partial charge in [-0.05, 0) is 49.3 Å². The zero-order valence-electron chi connectivity index (χ0n) is 13.2. The van der Waals surface area contributed by atoms with Gasteiger partial charge < -0.3 is 15.5 Å². The van der Waals surface area contributed by atoms with E-state index in [2.05, 4.69) is 62.5 Å². The summed E-state index contributed by atoms with van der Waals surface area (Å²) in [7, 11) is 4.35. The van der Waals surface area contributed by atoms with Crippen LogP contribution >= 0.6 is 15.9 Å². The van der Waals surface area contributed by atoms with E-state index in [1.807, 2.05) is 6.20 Å². The first-order valence-electron chi connectivity index (χ1n) is 7.75. The van der Waals surface area contributed by atoms with Crippen molar-refractivity contribution < 1.29 is 0 Å². The molecular weight excluding hydrogens is 330 g/mol. The summed E-state index contributed by atoms with van der Waals surface area (Å²) in [6, 6.07) is 0. The van der Waals surface area contributed by atoms with Gasteiger partial charge in [-0.15, -0.1) is 0 Å². The number of likely N-dealkylation sites (N-methyl/N-ethyl adjacent to an activating group) is 1. The smallest absolute Gasteiger partial charge is 0.224 e. The molecule has 0 spiro atoms. The Morgan fingerprint density at radius 3 is 2.62 bits per heavy atom. The van der Waals surface area contributed by atoms with Gasteiger partial charge in [-0.1, -0.05) is 19.8 Å². The van der Waals surface area contributed by atoms with Crippen molar-refractivity contribution in [1.82, 2.24) is 14.9 Å². The molecule has 0 aromatic carbocycles. The van der Waals surface area contributed by atoms with Crippen molar-refractivity contribution >= 4 is 27.7 Å². The molecule has 0 radical (unpaired) electrons. The first-order valence-corrected chi connectivity index (χ1v) is 8.54. The fourth-order valence-electron chi connectivity index (χ4n) is 2.88. The first-order chi connectivity index (χ1) is 10.1. The zero-order chi connectivity index (χ0) is 15.3. The molecule has 2 N–H and O–H groups in total. The van der Waals surface area contributed by atoms with Crippen LogP contribution in [0.1, 0.15) is 39.0 Å². The molecule has 1 saturated carbocycles.